The van der Waals surface area contributed by atoms with E-state index >= 15 is 0 Å². The van der Waals surface area contributed by atoms with Crippen LogP contribution in [0.1, 0.15) is 31.6 Å². The summed E-state index contributed by atoms with van der Waals surface area (Å²) < 4.78 is 5.88. The Morgan fingerprint density at radius 2 is 2.09 bits per heavy atom. The van der Waals surface area contributed by atoms with Crippen molar-refractivity contribution in [2.24, 2.45) is 0 Å². The first-order valence-electron chi connectivity index (χ1n) is 7.82. The highest BCUT2D eigenvalue weighted by Gasteiger charge is 2.23. The highest BCUT2D eigenvalue weighted by molar-refractivity contribution is 6.30. The Balaban J connectivity index is 1.69. The molecule has 3 rings (SSSR count). The number of nitrogens with zero attached hydrogens (tertiary/aromatic N) is 2. The molecule has 22 heavy (non-hydrogen) atoms. The lowest BCUT2D eigenvalue weighted by atomic mass is 10.00. The minimum absolute atomic E-state index is 0.239. The van der Waals surface area contributed by atoms with Crippen LogP contribution in [0.3, 0.4) is 0 Å². The van der Waals surface area contributed by atoms with E-state index in [4.69, 9.17) is 16.0 Å². The van der Waals surface area contributed by atoms with Gasteiger partial charge in [-0.15, -0.1) is 0 Å². The highest BCUT2D eigenvalue weighted by Crippen LogP contribution is 2.25. The van der Waals surface area contributed by atoms with E-state index in [-0.39, 0.29) is 6.61 Å². The lowest BCUT2D eigenvalue weighted by molar-refractivity contribution is 0.103. The first kappa shape index (κ1) is 15.5. The summed E-state index contributed by atoms with van der Waals surface area (Å²) >= 11 is 5.91. The number of hydrogen-bond acceptors (Lipinski definition) is 4. The van der Waals surface area contributed by atoms with Crippen LogP contribution in [0.4, 0.5) is 0 Å². The van der Waals surface area contributed by atoms with Crippen molar-refractivity contribution in [3.8, 4) is 11.3 Å². The van der Waals surface area contributed by atoms with Gasteiger partial charge in [-0.2, -0.15) is 0 Å². The van der Waals surface area contributed by atoms with E-state index in [2.05, 4.69) is 9.88 Å². The van der Waals surface area contributed by atoms with Crippen molar-refractivity contribution >= 4 is 11.6 Å². The van der Waals surface area contributed by atoms with E-state index in [0.717, 1.165) is 36.6 Å². The molecule has 1 atom stereocenters. The minimum Gasteiger partial charge on any atom is -0.439 e. The van der Waals surface area contributed by atoms with E-state index in [1.165, 1.54) is 12.8 Å². The van der Waals surface area contributed by atoms with Gasteiger partial charge in [-0.3, -0.25) is 4.90 Å². The van der Waals surface area contributed by atoms with Gasteiger partial charge in [0.25, 0.3) is 0 Å². The Labute approximate surface area is 135 Å². The number of aliphatic hydroxyl groups excluding tert-OH is 1. The third-order valence-corrected chi connectivity index (χ3v) is 4.48. The topological polar surface area (TPSA) is 49.5 Å². The normalized spacial score (nSPS) is 19.5. The average Bonchev–Trinajstić information content (AvgIpc) is 2.99. The fraction of sp³-hybridized carbons (Fsp3) is 0.471. The minimum atomic E-state index is 0.239. The third kappa shape index (κ3) is 3.69. The van der Waals surface area contributed by atoms with Gasteiger partial charge in [0.2, 0.25) is 5.89 Å². The zero-order valence-electron chi connectivity index (χ0n) is 12.5. The molecular formula is C17H21ClN2O2. The van der Waals surface area contributed by atoms with Crippen LogP contribution in [0, 0.1) is 0 Å². The van der Waals surface area contributed by atoms with Crippen molar-refractivity contribution in [1.29, 1.82) is 0 Å². The zero-order valence-corrected chi connectivity index (χ0v) is 13.3. The maximum absolute atomic E-state index is 9.20. The molecule has 1 fully saturated rings. The van der Waals surface area contributed by atoms with Gasteiger partial charge >= 0.3 is 0 Å². The molecule has 0 saturated carbocycles. The van der Waals surface area contributed by atoms with E-state index in [1.807, 2.05) is 24.3 Å². The Kier molecular flexibility index (Phi) is 5.13. The van der Waals surface area contributed by atoms with Gasteiger partial charge in [0.15, 0.2) is 5.76 Å². The number of aromatic nitrogens is 1. The molecular weight excluding hydrogens is 300 g/mol. The number of rotatable bonds is 5. The van der Waals surface area contributed by atoms with Gasteiger partial charge in [-0.1, -0.05) is 18.0 Å². The monoisotopic (exact) mass is 320 g/mol. The quantitative estimate of drug-likeness (QED) is 0.912. The molecule has 0 bridgehead atoms. The van der Waals surface area contributed by atoms with Crippen molar-refractivity contribution in [2.45, 2.75) is 38.3 Å². The average molecular weight is 321 g/mol. The fourth-order valence-electron chi connectivity index (χ4n) is 3.05. The van der Waals surface area contributed by atoms with Gasteiger partial charge in [0.05, 0.1) is 12.7 Å². The second-order valence-corrected chi connectivity index (χ2v) is 6.19. The number of halogens is 1. The van der Waals surface area contributed by atoms with Gasteiger partial charge in [-0.25, -0.2) is 4.98 Å². The van der Waals surface area contributed by atoms with Crippen molar-refractivity contribution in [3.05, 3.63) is 41.4 Å². The summed E-state index contributed by atoms with van der Waals surface area (Å²) in [5.74, 6) is 1.50. The Hall–Kier alpha value is -1.36. The molecule has 1 unspecified atom stereocenters. The number of oxazole rings is 1. The van der Waals surface area contributed by atoms with Gasteiger partial charge in [-0.05, 0) is 50.1 Å². The second-order valence-electron chi connectivity index (χ2n) is 5.76. The summed E-state index contributed by atoms with van der Waals surface area (Å²) in [5, 5.41) is 9.91. The summed E-state index contributed by atoms with van der Waals surface area (Å²) in [6.45, 7) is 1.99. The fourth-order valence-corrected chi connectivity index (χ4v) is 3.17. The summed E-state index contributed by atoms with van der Waals surface area (Å²) in [7, 11) is 0. The van der Waals surface area contributed by atoms with Crippen LogP contribution in [0.5, 0.6) is 0 Å². The number of hydrogen-bond donors (Lipinski definition) is 1. The molecule has 0 aliphatic carbocycles. The molecule has 1 N–H and O–H groups in total. The summed E-state index contributed by atoms with van der Waals surface area (Å²) in [6, 6.07) is 8.00. The molecule has 1 aliphatic rings. The molecule has 1 aliphatic heterocycles. The molecule has 5 heteroatoms. The molecule has 4 nitrogen and oxygen atoms in total. The predicted octanol–water partition coefficient (Wildman–Crippen LogP) is 3.73. The lowest BCUT2D eigenvalue weighted by Gasteiger charge is -2.34. The van der Waals surface area contributed by atoms with Crippen LogP contribution in [-0.2, 0) is 6.54 Å². The van der Waals surface area contributed by atoms with E-state index < -0.39 is 0 Å². The van der Waals surface area contributed by atoms with Crippen molar-refractivity contribution in [1.82, 2.24) is 9.88 Å². The van der Waals surface area contributed by atoms with E-state index in [9.17, 15) is 5.11 Å². The molecule has 1 aromatic heterocycles. The lowest BCUT2D eigenvalue weighted by Crippen LogP contribution is -2.39. The van der Waals surface area contributed by atoms with Crippen LogP contribution in [0.25, 0.3) is 11.3 Å². The number of aliphatic hydroxyl groups is 1. The summed E-state index contributed by atoms with van der Waals surface area (Å²) in [4.78, 5) is 6.77. The molecule has 1 saturated heterocycles. The molecule has 2 aromatic rings. The number of benzene rings is 1. The highest BCUT2D eigenvalue weighted by atomic mass is 35.5. The summed E-state index contributed by atoms with van der Waals surface area (Å²) in [6.07, 6.45) is 6.18. The van der Waals surface area contributed by atoms with Crippen LogP contribution in [0.15, 0.2) is 34.9 Å². The molecule has 0 spiro atoms. The van der Waals surface area contributed by atoms with Crippen molar-refractivity contribution < 1.29 is 9.52 Å². The van der Waals surface area contributed by atoms with Crippen LogP contribution in [-0.4, -0.2) is 34.2 Å². The maximum Gasteiger partial charge on any atom is 0.209 e. The Bertz CT molecular complexity index is 595. The Morgan fingerprint density at radius 3 is 2.86 bits per heavy atom. The maximum atomic E-state index is 9.20. The smallest absolute Gasteiger partial charge is 0.209 e. The number of likely N-dealkylation sites (tertiary alicyclic amines) is 1. The Morgan fingerprint density at radius 1 is 1.27 bits per heavy atom. The predicted molar refractivity (Wildman–Crippen MR) is 86.7 cm³/mol. The molecule has 0 radical (unpaired) electrons. The van der Waals surface area contributed by atoms with Crippen molar-refractivity contribution in [2.75, 3.05) is 13.2 Å². The largest absolute Gasteiger partial charge is 0.439 e. The third-order valence-electron chi connectivity index (χ3n) is 4.23. The zero-order chi connectivity index (χ0) is 15.4. The first-order chi connectivity index (χ1) is 10.8. The van der Waals surface area contributed by atoms with Gasteiger partial charge in [0, 0.05) is 23.2 Å². The van der Waals surface area contributed by atoms with Gasteiger partial charge < -0.3 is 9.52 Å². The molecule has 1 aromatic carbocycles. The number of piperidine rings is 1. The van der Waals surface area contributed by atoms with Crippen LogP contribution >= 0.6 is 11.6 Å². The van der Waals surface area contributed by atoms with Crippen molar-refractivity contribution in [3.63, 3.8) is 0 Å². The molecule has 0 amide bonds. The standard InChI is InChI=1S/C17H21ClN2O2/c18-14-6-4-13(5-7-14)16-11-19-17(22-16)12-20-9-2-1-3-15(20)8-10-21/h4-7,11,15,21H,1-3,8-10,12H2. The van der Waals surface area contributed by atoms with Crippen LogP contribution in [0.2, 0.25) is 5.02 Å². The van der Waals surface area contributed by atoms with E-state index in [1.54, 1.807) is 6.20 Å². The van der Waals surface area contributed by atoms with Gasteiger partial charge in [0.1, 0.15) is 0 Å². The SMILES string of the molecule is OCCC1CCCCN1Cc1ncc(-c2ccc(Cl)cc2)o1. The summed E-state index contributed by atoms with van der Waals surface area (Å²) in [5.41, 5.74) is 0.980. The van der Waals surface area contributed by atoms with E-state index in [0.29, 0.717) is 17.6 Å². The van der Waals surface area contributed by atoms with Crippen LogP contribution < -0.4 is 0 Å². The molecule has 118 valence electrons. The second kappa shape index (κ2) is 7.27. The first-order valence-corrected chi connectivity index (χ1v) is 8.19. The molecule has 2 heterocycles.